The van der Waals surface area contributed by atoms with Crippen LogP contribution in [-0.4, -0.2) is 6.54 Å². The molecule has 0 aromatic heterocycles. The summed E-state index contributed by atoms with van der Waals surface area (Å²) in [6.07, 6.45) is 2.37. The minimum atomic E-state index is -0.267. The molecule has 0 saturated heterocycles. The van der Waals surface area contributed by atoms with Crippen LogP contribution in [0, 0.1) is 11.7 Å². The van der Waals surface area contributed by atoms with E-state index in [0.717, 1.165) is 6.54 Å². The number of rotatable bonds is 4. The molecule has 1 aliphatic carbocycles. The minimum absolute atomic E-state index is 0.133. The average Bonchev–Trinajstić information content (AvgIpc) is 3.03. The molecule has 1 atom stereocenters. The van der Waals surface area contributed by atoms with Gasteiger partial charge in [-0.15, -0.1) is 0 Å². The second-order valence-electron chi connectivity index (χ2n) is 4.02. The highest BCUT2D eigenvalue weighted by molar-refractivity contribution is 6.30. The van der Waals surface area contributed by atoms with Crippen molar-refractivity contribution in [3.05, 3.63) is 34.6 Å². The van der Waals surface area contributed by atoms with Gasteiger partial charge in [-0.2, -0.15) is 0 Å². The van der Waals surface area contributed by atoms with E-state index >= 15 is 0 Å². The highest BCUT2D eigenvalue weighted by atomic mass is 35.5. The van der Waals surface area contributed by atoms with Gasteiger partial charge in [-0.1, -0.05) is 30.7 Å². The van der Waals surface area contributed by atoms with E-state index in [-0.39, 0.29) is 16.9 Å². The maximum Gasteiger partial charge on any atom is 0.146 e. The fourth-order valence-corrected chi connectivity index (χ4v) is 2.12. The Balaban J connectivity index is 2.28. The first kappa shape index (κ1) is 10.9. The van der Waals surface area contributed by atoms with Gasteiger partial charge in [0.2, 0.25) is 0 Å². The molecular formula is C12H15ClFN. The van der Waals surface area contributed by atoms with Crippen molar-refractivity contribution in [1.29, 1.82) is 0 Å². The SMILES string of the molecule is CCNC(c1cccc(Cl)c1F)C1CC1. The molecule has 1 aliphatic rings. The maximum absolute atomic E-state index is 13.8. The summed E-state index contributed by atoms with van der Waals surface area (Å²) in [5.74, 6) is 0.315. The van der Waals surface area contributed by atoms with E-state index < -0.39 is 0 Å². The summed E-state index contributed by atoms with van der Waals surface area (Å²) in [7, 11) is 0. The molecule has 1 unspecified atom stereocenters. The van der Waals surface area contributed by atoms with Crippen LogP contribution in [-0.2, 0) is 0 Å². The lowest BCUT2D eigenvalue weighted by Crippen LogP contribution is -2.23. The Morgan fingerprint density at radius 2 is 2.27 bits per heavy atom. The van der Waals surface area contributed by atoms with E-state index in [1.54, 1.807) is 6.07 Å². The molecule has 1 fully saturated rings. The summed E-state index contributed by atoms with van der Waals surface area (Å²) >= 11 is 5.78. The largest absolute Gasteiger partial charge is 0.310 e. The molecule has 0 spiro atoms. The van der Waals surface area contributed by atoms with Crippen LogP contribution in [0.25, 0.3) is 0 Å². The zero-order valence-corrected chi connectivity index (χ0v) is 9.52. The molecule has 0 amide bonds. The van der Waals surface area contributed by atoms with E-state index in [2.05, 4.69) is 5.32 Å². The van der Waals surface area contributed by atoms with Crippen LogP contribution in [0.3, 0.4) is 0 Å². The van der Waals surface area contributed by atoms with Gasteiger partial charge in [0.1, 0.15) is 5.82 Å². The first-order valence-electron chi connectivity index (χ1n) is 5.41. The second-order valence-corrected chi connectivity index (χ2v) is 4.42. The van der Waals surface area contributed by atoms with Crippen LogP contribution >= 0.6 is 11.6 Å². The van der Waals surface area contributed by atoms with Crippen LogP contribution in [0.4, 0.5) is 4.39 Å². The van der Waals surface area contributed by atoms with E-state index in [4.69, 9.17) is 11.6 Å². The zero-order chi connectivity index (χ0) is 10.8. The molecule has 15 heavy (non-hydrogen) atoms. The normalized spacial score (nSPS) is 17.8. The predicted molar refractivity (Wildman–Crippen MR) is 60.6 cm³/mol. The molecule has 1 N–H and O–H groups in total. The number of hydrogen-bond acceptors (Lipinski definition) is 1. The van der Waals surface area contributed by atoms with Crippen molar-refractivity contribution in [2.45, 2.75) is 25.8 Å². The number of nitrogens with one attached hydrogen (secondary N) is 1. The molecule has 1 aromatic carbocycles. The third-order valence-electron chi connectivity index (χ3n) is 2.83. The van der Waals surface area contributed by atoms with Crippen LogP contribution in [0.15, 0.2) is 18.2 Å². The molecule has 82 valence electrons. The van der Waals surface area contributed by atoms with Gasteiger partial charge in [0.15, 0.2) is 0 Å². The Bertz CT molecular complexity index is 349. The third kappa shape index (κ3) is 2.32. The fraction of sp³-hybridized carbons (Fsp3) is 0.500. The zero-order valence-electron chi connectivity index (χ0n) is 8.76. The molecule has 0 aliphatic heterocycles. The van der Waals surface area contributed by atoms with E-state index in [9.17, 15) is 4.39 Å². The van der Waals surface area contributed by atoms with Crippen LogP contribution in [0.1, 0.15) is 31.4 Å². The summed E-state index contributed by atoms with van der Waals surface area (Å²) in [6, 6.07) is 5.37. The molecule has 0 bridgehead atoms. The lowest BCUT2D eigenvalue weighted by molar-refractivity contribution is 0.469. The second kappa shape index (κ2) is 4.50. The smallest absolute Gasteiger partial charge is 0.146 e. The Morgan fingerprint density at radius 1 is 1.53 bits per heavy atom. The first-order chi connectivity index (χ1) is 7.24. The first-order valence-corrected chi connectivity index (χ1v) is 5.79. The van der Waals surface area contributed by atoms with Gasteiger partial charge < -0.3 is 5.32 Å². The summed E-state index contributed by atoms with van der Waals surface area (Å²) in [4.78, 5) is 0. The quantitative estimate of drug-likeness (QED) is 0.830. The van der Waals surface area contributed by atoms with Gasteiger partial charge in [0.05, 0.1) is 5.02 Å². The highest BCUT2D eigenvalue weighted by Crippen LogP contribution is 2.42. The van der Waals surface area contributed by atoms with Crippen LogP contribution in [0.5, 0.6) is 0 Å². The molecule has 1 saturated carbocycles. The Kier molecular flexibility index (Phi) is 3.27. The summed E-state index contributed by atoms with van der Waals surface area (Å²) in [5.41, 5.74) is 0.715. The van der Waals surface area contributed by atoms with Crippen molar-refractivity contribution < 1.29 is 4.39 Å². The lowest BCUT2D eigenvalue weighted by atomic mass is 10.0. The molecule has 0 radical (unpaired) electrons. The molecule has 2 rings (SSSR count). The van der Waals surface area contributed by atoms with E-state index in [1.165, 1.54) is 12.8 Å². The van der Waals surface area contributed by atoms with Crippen molar-refractivity contribution in [1.82, 2.24) is 5.32 Å². The van der Waals surface area contributed by atoms with Gasteiger partial charge in [-0.3, -0.25) is 0 Å². The Morgan fingerprint density at radius 3 is 2.87 bits per heavy atom. The highest BCUT2D eigenvalue weighted by Gasteiger charge is 2.33. The molecular weight excluding hydrogens is 213 g/mol. The minimum Gasteiger partial charge on any atom is -0.310 e. The van der Waals surface area contributed by atoms with Crippen LogP contribution in [0.2, 0.25) is 5.02 Å². The van der Waals surface area contributed by atoms with Crippen LogP contribution < -0.4 is 5.32 Å². The summed E-state index contributed by atoms with van der Waals surface area (Å²) in [5, 5.41) is 3.55. The lowest BCUT2D eigenvalue weighted by Gasteiger charge is -2.18. The van der Waals surface area contributed by atoms with Gasteiger partial charge in [0, 0.05) is 11.6 Å². The molecule has 0 heterocycles. The van der Waals surface area contributed by atoms with E-state index in [1.807, 2.05) is 19.1 Å². The molecule has 1 nitrogen and oxygen atoms in total. The summed E-state index contributed by atoms with van der Waals surface area (Å²) in [6.45, 7) is 2.89. The predicted octanol–water partition coefficient (Wildman–Crippen LogP) is 3.54. The van der Waals surface area contributed by atoms with Gasteiger partial charge in [-0.05, 0) is 31.4 Å². The topological polar surface area (TPSA) is 12.0 Å². The monoisotopic (exact) mass is 227 g/mol. The molecule has 1 aromatic rings. The average molecular weight is 228 g/mol. The summed E-state index contributed by atoms with van der Waals surface area (Å²) < 4.78 is 13.8. The number of halogens is 2. The van der Waals surface area contributed by atoms with Crippen molar-refractivity contribution in [3.63, 3.8) is 0 Å². The fourth-order valence-electron chi connectivity index (χ4n) is 1.94. The van der Waals surface area contributed by atoms with Crippen molar-refractivity contribution in [2.24, 2.45) is 5.92 Å². The maximum atomic E-state index is 13.8. The van der Waals surface area contributed by atoms with E-state index in [0.29, 0.717) is 11.5 Å². The number of benzene rings is 1. The standard InChI is InChI=1S/C12H15ClFN/c1-2-15-12(8-6-7-8)9-4-3-5-10(13)11(9)14/h3-5,8,12,15H,2,6-7H2,1H3. The van der Waals surface area contributed by atoms with Gasteiger partial charge in [-0.25, -0.2) is 4.39 Å². The molecule has 3 heteroatoms. The third-order valence-corrected chi connectivity index (χ3v) is 3.13. The van der Waals surface area contributed by atoms with Crippen molar-refractivity contribution in [2.75, 3.05) is 6.54 Å². The Labute approximate surface area is 94.6 Å². The Hall–Kier alpha value is -0.600. The van der Waals surface area contributed by atoms with Crippen molar-refractivity contribution in [3.8, 4) is 0 Å². The number of hydrogen-bond donors (Lipinski definition) is 1. The van der Waals surface area contributed by atoms with Gasteiger partial charge in [0.25, 0.3) is 0 Å². The van der Waals surface area contributed by atoms with Crippen molar-refractivity contribution >= 4 is 11.6 Å². The van der Waals surface area contributed by atoms with Gasteiger partial charge >= 0.3 is 0 Å².